The van der Waals surface area contributed by atoms with E-state index in [4.69, 9.17) is 4.99 Å². The maximum atomic E-state index is 5.10. The summed E-state index contributed by atoms with van der Waals surface area (Å²) in [7, 11) is 0. The van der Waals surface area contributed by atoms with Crippen molar-refractivity contribution in [2.75, 3.05) is 5.75 Å². The van der Waals surface area contributed by atoms with Gasteiger partial charge in [-0.15, -0.1) is 0 Å². The van der Waals surface area contributed by atoms with Crippen LogP contribution in [-0.4, -0.2) is 36.4 Å². The van der Waals surface area contributed by atoms with Gasteiger partial charge in [-0.25, -0.2) is 4.98 Å². The highest BCUT2D eigenvalue weighted by Gasteiger charge is 2.46. The number of amidine groups is 1. The number of pyridine rings is 2. The fourth-order valence-electron chi connectivity index (χ4n) is 4.01. The first-order valence-electron chi connectivity index (χ1n) is 9.35. The van der Waals surface area contributed by atoms with Crippen molar-refractivity contribution in [1.82, 2.24) is 19.4 Å². The smallest absolute Gasteiger partial charge is 0.160 e. The van der Waals surface area contributed by atoms with Crippen LogP contribution in [0.25, 0.3) is 5.82 Å². The van der Waals surface area contributed by atoms with E-state index in [0.29, 0.717) is 6.04 Å². The molecule has 136 valence electrons. The molecule has 27 heavy (non-hydrogen) atoms. The first kappa shape index (κ1) is 16.6. The summed E-state index contributed by atoms with van der Waals surface area (Å²) in [6.45, 7) is 2.26. The van der Waals surface area contributed by atoms with Gasteiger partial charge < -0.3 is 9.47 Å². The van der Waals surface area contributed by atoms with Crippen LogP contribution in [0.5, 0.6) is 0 Å². The van der Waals surface area contributed by atoms with Crippen LogP contribution in [0.1, 0.15) is 36.8 Å². The molecule has 1 fully saturated rings. The van der Waals surface area contributed by atoms with Crippen LogP contribution in [0.15, 0.2) is 72.1 Å². The third kappa shape index (κ3) is 2.75. The summed E-state index contributed by atoms with van der Waals surface area (Å²) in [5, 5.41) is 1.15. The average molecular weight is 376 g/mol. The van der Waals surface area contributed by atoms with Crippen LogP contribution in [-0.2, 0) is 0 Å². The minimum Gasteiger partial charge on any atom is -0.337 e. The van der Waals surface area contributed by atoms with E-state index in [-0.39, 0.29) is 12.1 Å². The van der Waals surface area contributed by atoms with Gasteiger partial charge in [0.15, 0.2) is 5.17 Å². The summed E-state index contributed by atoms with van der Waals surface area (Å²) < 4.78 is 2.19. The molecule has 2 aliphatic rings. The average Bonchev–Trinajstić information content (AvgIpc) is 3.44. The molecule has 0 aromatic carbocycles. The van der Waals surface area contributed by atoms with Gasteiger partial charge in [0.05, 0.1) is 5.69 Å². The van der Waals surface area contributed by atoms with Crippen LogP contribution < -0.4 is 0 Å². The first-order chi connectivity index (χ1) is 13.4. The number of rotatable bonds is 4. The Kier molecular flexibility index (Phi) is 4.20. The Morgan fingerprint density at radius 3 is 2.63 bits per heavy atom. The van der Waals surface area contributed by atoms with Crippen LogP contribution in [0.4, 0.5) is 0 Å². The predicted octanol–water partition coefficient (Wildman–Crippen LogP) is 4.25. The Balaban J connectivity index is 1.63. The second-order valence-electron chi connectivity index (χ2n) is 6.83. The SMILES string of the molecule is CC[C@H]1CSC2=N[C@@H](c3ccccn3)[C@@H](c3cccn3-c3ccccn3)N21. The third-order valence-electron chi connectivity index (χ3n) is 5.31. The molecule has 0 unspecified atom stereocenters. The van der Waals surface area contributed by atoms with Gasteiger partial charge in [-0.05, 0) is 42.8 Å². The largest absolute Gasteiger partial charge is 0.337 e. The quantitative estimate of drug-likeness (QED) is 0.684. The van der Waals surface area contributed by atoms with Crippen LogP contribution >= 0.6 is 11.8 Å². The summed E-state index contributed by atoms with van der Waals surface area (Å²) >= 11 is 1.87. The molecule has 3 atom stereocenters. The van der Waals surface area contributed by atoms with E-state index in [1.54, 1.807) is 0 Å². The number of nitrogens with zero attached hydrogens (tertiary/aromatic N) is 5. The van der Waals surface area contributed by atoms with E-state index in [1.807, 2.05) is 54.5 Å². The van der Waals surface area contributed by atoms with Crippen LogP contribution in [0.3, 0.4) is 0 Å². The van der Waals surface area contributed by atoms with Crippen molar-refractivity contribution in [3.63, 3.8) is 0 Å². The Hall–Kier alpha value is -2.60. The Bertz CT molecular complexity index is 953. The molecule has 0 amide bonds. The van der Waals surface area contributed by atoms with E-state index in [2.05, 4.69) is 50.8 Å². The van der Waals surface area contributed by atoms with Crippen LogP contribution in [0.2, 0.25) is 0 Å². The van der Waals surface area contributed by atoms with E-state index in [1.165, 1.54) is 5.69 Å². The van der Waals surface area contributed by atoms with Gasteiger partial charge in [0.1, 0.15) is 17.9 Å². The van der Waals surface area contributed by atoms with Crippen molar-refractivity contribution in [2.45, 2.75) is 31.5 Å². The molecule has 0 bridgehead atoms. The molecule has 1 saturated heterocycles. The molecule has 0 N–H and O–H groups in total. The maximum Gasteiger partial charge on any atom is 0.160 e. The molecule has 0 radical (unpaired) electrons. The Morgan fingerprint density at radius 2 is 1.89 bits per heavy atom. The number of aliphatic imine (C=N–C) groups is 1. The summed E-state index contributed by atoms with van der Waals surface area (Å²) in [5.74, 6) is 2.04. The van der Waals surface area contributed by atoms with Gasteiger partial charge in [0.2, 0.25) is 0 Å². The molecular weight excluding hydrogens is 354 g/mol. The highest BCUT2D eigenvalue weighted by molar-refractivity contribution is 8.14. The van der Waals surface area contributed by atoms with Gasteiger partial charge in [-0.1, -0.05) is 30.8 Å². The Labute approximate surface area is 163 Å². The predicted molar refractivity (Wildman–Crippen MR) is 109 cm³/mol. The molecule has 5 heterocycles. The van der Waals surface area contributed by atoms with Crippen molar-refractivity contribution >= 4 is 16.9 Å². The zero-order chi connectivity index (χ0) is 18.2. The summed E-state index contributed by atoms with van der Waals surface area (Å²) in [6, 6.07) is 17.0. The van der Waals surface area contributed by atoms with Gasteiger partial charge >= 0.3 is 0 Å². The Morgan fingerprint density at radius 1 is 1.04 bits per heavy atom. The molecule has 2 aliphatic heterocycles. The molecule has 0 saturated carbocycles. The van der Waals surface area contributed by atoms with Crippen molar-refractivity contribution in [3.8, 4) is 5.82 Å². The standard InChI is InChI=1S/C21H21N5S/c1-2-15-14-27-21-24-19(16-8-3-5-11-22-16)20(26(15)21)17-9-7-13-25(17)18-10-4-6-12-23-18/h3-13,15,19-20H,2,14H2,1H3/t15-,19-,20+/m0/s1. The fourth-order valence-corrected chi connectivity index (χ4v) is 5.35. The van der Waals surface area contributed by atoms with Gasteiger partial charge in [-0.2, -0.15) is 0 Å². The molecule has 5 rings (SSSR count). The first-order valence-corrected chi connectivity index (χ1v) is 10.3. The molecule has 3 aromatic rings. The molecule has 3 aromatic heterocycles. The zero-order valence-corrected chi connectivity index (χ0v) is 16.0. The lowest BCUT2D eigenvalue weighted by Crippen LogP contribution is -2.36. The van der Waals surface area contributed by atoms with Crippen LogP contribution in [0, 0.1) is 0 Å². The highest BCUT2D eigenvalue weighted by Crippen LogP contribution is 2.48. The molecule has 5 nitrogen and oxygen atoms in total. The summed E-state index contributed by atoms with van der Waals surface area (Å²) in [4.78, 5) is 16.8. The molecule has 0 spiro atoms. The molecule has 0 aliphatic carbocycles. The number of fused-ring (bicyclic) bond motifs is 1. The topological polar surface area (TPSA) is 46.3 Å². The minimum atomic E-state index is 0.000382. The van der Waals surface area contributed by atoms with Crippen molar-refractivity contribution in [3.05, 3.63) is 78.5 Å². The van der Waals surface area contributed by atoms with Crippen molar-refractivity contribution < 1.29 is 0 Å². The summed E-state index contributed by atoms with van der Waals surface area (Å²) in [6.07, 6.45) is 6.90. The summed E-state index contributed by atoms with van der Waals surface area (Å²) in [5.41, 5.74) is 2.23. The van der Waals surface area contributed by atoms with Gasteiger partial charge in [0, 0.05) is 36.1 Å². The molecule has 6 heteroatoms. The lowest BCUT2D eigenvalue weighted by Gasteiger charge is -2.32. The number of hydrogen-bond donors (Lipinski definition) is 0. The van der Waals surface area contributed by atoms with Crippen molar-refractivity contribution in [2.24, 2.45) is 4.99 Å². The van der Waals surface area contributed by atoms with E-state index in [0.717, 1.165) is 28.9 Å². The van der Waals surface area contributed by atoms with Gasteiger partial charge in [0.25, 0.3) is 0 Å². The number of hydrogen-bond acceptors (Lipinski definition) is 5. The van der Waals surface area contributed by atoms with E-state index in [9.17, 15) is 0 Å². The zero-order valence-electron chi connectivity index (χ0n) is 15.1. The number of aromatic nitrogens is 3. The number of thioether (sulfide) groups is 1. The second-order valence-corrected chi connectivity index (χ2v) is 7.81. The van der Waals surface area contributed by atoms with E-state index >= 15 is 0 Å². The van der Waals surface area contributed by atoms with Gasteiger partial charge in [-0.3, -0.25) is 9.98 Å². The highest BCUT2D eigenvalue weighted by atomic mass is 32.2. The lowest BCUT2D eigenvalue weighted by atomic mass is 9.99. The minimum absolute atomic E-state index is 0.000382. The molecular formula is C21H21N5S. The fraction of sp³-hybridized carbons (Fsp3) is 0.286. The van der Waals surface area contributed by atoms with Crippen molar-refractivity contribution in [1.29, 1.82) is 0 Å². The maximum absolute atomic E-state index is 5.10. The normalized spacial score (nSPS) is 24.1. The lowest BCUT2D eigenvalue weighted by molar-refractivity contribution is 0.248. The second kappa shape index (κ2) is 6.85. The third-order valence-corrected chi connectivity index (χ3v) is 6.43. The van der Waals surface area contributed by atoms with E-state index < -0.39 is 0 Å². The monoisotopic (exact) mass is 375 g/mol.